The number of benzene rings is 1. The largest absolute Gasteiger partial charge is 0.619 e. The number of likely N-dealkylation sites (N-methyl/N-ethyl adjacent to an activating group) is 1. The molecule has 0 spiro atoms. The predicted octanol–water partition coefficient (Wildman–Crippen LogP) is 3.76. The Bertz CT molecular complexity index is 1100. The molecule has 0 radical (unpaired) electrons. The Kier molecular flexibility index (Phi) is 7.03. The lowest BCUT2D eigenvalue weighted by Crippen LogP contribution is -2.48. The van der Waals surface area contributed by atoms with E-state index in [0.717, 1.165) is 0 Å². The first-order valence-corrected chi connectivity index (χ1v) is 11.8. The molecule has 1 aliphatic heterocycles. The van der Waals surface area contributed by atoms with Crippen molar-refractivity contribution in [3.63, 3.8) is 0 Å². The number of amides is 2. The highest BCUT2D eigenvalue weighted by molar-refractivity contribution is 7.12. The van der Waals surface area contributed by atoms with Crippen molar-refractivity contribution < 1.29 is 18.7 Å². The van der Waals surface area contributed by atoms with Crippen molar-refractivity contribution in [1.82, 2.24) is 9.80 Å². The Morgan fingerprint density at radius 3 is 2.48 bits per heavy atom. The van der Waals surface area contributed by atoms with Crippen LogP contribution in [0, 0.1) is 16.9 Å². The molecule has 0 N–H and O–H groups in total. The van der Waals surface area contributed by atoms with Gasteiger partial charge in [-0.25, -0.2) is 4.39 Å². The van der Waals surface area contributed by atoms with Crippen molar-refractivity contribution in [3.8, 4) is 0 Å². The van der Waals surface area contributed by atoms with Crippen LogP contribution in [0.1, 0.15) is 38.4 Å². The lowest BCUT2D eigenvalue weighted by molar-refractivity contribution is -0.605. The van der Waals surface area contributed by atoms with Crippen LogP contribution in [-0.4, -0.2) is 47.8 Å². The first kappa shape index (κ1) is 22.9. The second-order valence-corrected chi connectivity index (χ2v) is 9.28. The number of carbonyl (C=O) groups excluding carboxylic acids is 2. The molecule has 8 heteroatoms. The number of likely N-dealkylation sites (tertiary alicyclic amines) is 1. The van der Waals surface area contributed by atoms with Crippen LogP contribution in [0.5, 0.6) is 0 Å². The van der Waals surface area contributed by atoms with E-state index >= 15 is 0 Å². The Morgan fingerprint density at radius 1 is 1.15 bits per heavy atom. The summed E-state index contributed by atoms with van der Waals surface area (Å²) >= 11 is 1.39. The van der Waals surface area contributed by atoms with Crippen molar-refractivity contribution in [2.24, 2.45) is 5.92 Å². The van der Waals surface area contributed by atoms with Crippen molar-refractivity contribution in [3.05, 3.63) is 93.3 Å². The monoisotopic (exact) mass is 467 g/mol. The van der Waals surface area contributed by atoms with Crippen molar-refractivity contribution >= 4 is 23.2 Å². The Hall–Kier alpha value is -3.26. The van der Waals surface area contributed by atoms with E-state index in [-0.39, 0.29) is 29.6 Å². The summed E-state index contributed by atoms with van der Waals surface area (Å²) in [6.45, 7) is 1.09. The zero-order chi connectivity index (χ0) is 23.4. The number of carbonyl (C=O) groups is 2. The van der Waals surface area contributed by atoms with E-state index in [9.17, 15) is 19.2 Å². The summed E-state index contributed by atoms with van der Waals surface area (Å²) in [4.78, 5) is 30.1. The minimum atomic E-state index is -0.272. The zero-order valence-corrected chi connectivity index (χ0v) is 19.2. The number of aromatic nitrogens is 1. The highest BCUT2D eigenvalue weighted by Gasteiger charge is 2.34. The van der Waals surface area contributed by atoms with Gasteiger partial charge in [0, 0.05) is 38.3 Å². The smallest absolute Gasteiger partial charge is 0.263 e. The molecule has 6 nitrogen and oxygen atoms in total. The number of halogens is 1. The molecule has 2 amide bonds. The van der Waals surface area contributed by atoms with Crippen LogP contribution >= 0.6 is 11.3 Å². The van der Waals surface area contributed by atoms with Gasteiger partial charge in [0.15, 0.2) is 12.4 Å². The van der Waals surface area contributed by atoms with Crippen LogP contribution in [-0.2, 0) is 6.42 Å². The summed E-state index contributed by atoms with van der Waals surface area (Å²) in [5.74, 6) is -0.323. The summed E-state index contributed by atoms with van der Waals surface area (Å²) in [5.41, 5.74) is 1.07. The minimum Gasteiger partial charge on any atom is -0.619 e. The van der Waals surface area contributed by atoms with E-state index in [1.165, 1.54) is 41.9 Å². The normalized spacial score (nSPS) is 15.3. The van der Waals surface area contributed by atoms with Gasteiger partial charge in [0.1, 0.15) is 5.82 Å². The third-order valence-corrected chi connectivity index (χ3v) is 7.21. The quantitative estimate of drug-likeness (QED) is 0.410. The van der Waals surface area contributed by atoms with Crippen molar-refractivity contribution in [1.29, 1.82) is 0 Å². The number of thiophene rings is 1. The Labute approximate surface area is 196 Å². The molecular weight excluding hydrogens is 441 g/mol. The summed E-state index contributed by atoms with van der Waals surface area (Å²) in [6.07, 6.45) is 4.47. The maximum absolute atomic E-state index is 14.5. The maximum Gasteiger partial charge on any atom is 0.263 e. The van der Waals surface area contributed by atoms with Crippen LogP contribution in [0.4, 0.5) is 4.39 Å². The van der Waals surface area contributed by atoms with Crippen LogP contribution in [0.25, 0.3) is 0 Å². The Balaban J connectivity index is 1.50. The number of piperidine rings is 1. The van der Waals surface area contributed by atoms with Gasteiger partial charge in [-0.05, 0) is 48.3 Å². The average Bonchev–Trinajstić information content (AvgIpc) is 3.38. The van der Waals surface area contributed by atoms with Gasteiger partial charge in [-0.3, -0.25) is 9.59 Å². The summed E-state index contributed by atoms with van der Waals surface area (Å²) < 4.78 is 15.1. The van der Waals surface area contributed by atoms with Gasteiger partial charge < -0.3 is 15.0 Å². The third kappa shape index (κ3) is 5.22. The molecule has 0 aliphatic carbocycles. The number of nitrogens with zero attached hydrogens (tertiary/aromatic N) is 3. The average molecular weight is 468 g/mol. The van der Waals surface area contributed by atoms with Crippen LogP contribution in [0.2, 0.25) is 0 Å². The summed E-state index contributed by atoms with van der Waals surface area (Å²) in [6, 6.07) is 13.2. The van der Waals surface area contributed by atoms with Crippen molar-refractivity contribution in [2.45, 2.75) is 25.3 Å². The molecule has 3 heterocycles. The van der Waals surface area contributed by atoms with Crippen molar-refractivity contribution in [2.75, 3.05) is 20.1 Å². The van der Waals surface area contributed by atoms with E-state index in [1.807, 2.05) is 17.5 Å². The third-order valence-electron chi connectivity index (χ3n) is 6.36. The summed E-state index contributed by atoms with van der Waals surface area (Å²) in [7, 11) is 1.78. The van der Waals surface area contributed by atoms with Gasteiger partial charge in [-0.1, -0.05) is 24.3 Å². The van der Waals surface area contributed by atoms with E-state index in [2.05, 4.69) is 0 Å². The van der Waals surface area contributed by atoms with Crippen LogP contribution in [0.3, 0.4) is 0 Å². The number of hydrogen-bond donors (Lipinski definition) is 0. The highest BCUT2D eigenvalue weighted by atomic mass is 32.1. The first-order valence-electron chi connectivity index (χ1n) is 11.0. The molecule has 1 fully saturated rings. The fourth-order valence-corrected chi connectivity index (χ4v) is 5.16. The molecule has 0 bridgehead atoms. The van der Waals surface area contributed by atoms with Gasteiger partial charge in [-0.15, -0.1) is 11.3 Å². The van der Waals surface area contributed by atoms with E-state index < -0.39 is 0 Å². The SMILES string of the molecule is CN(C(=O)c1cccs1)[C@@H](Cc1ccccc1F)C1CCN(C(=O)c2cc[n+]([O-])cc2)CC1. The Morgan fingerprint density at radius 2 is 1.85 bits per heavy atom. The van der Waals surface area contributed by atoms with Gasteiger partial charge in [0.05, 0.1) is 10.4 Å². The second-order valence-electron chi connectivity index (χ2n) is 8.33. The molecule has 33 heavy (non-hydrogen) atoms. The molecular formula is C25H26FN3O3S. The number of hydrogen-bond acceptors (Lipinski definition) is 4. The zero-order valence-electron chi connectivity index (χ0n) is 18.4. The molecule has 1 aromatic carbocycles. The lowest BCUT2D eigenvalue weighted by atomic mass is 9.84. The predicted molar refractivity (Wildman–Crippen MR) is 124 cm³/mol. The van der Waals surface area contributed by atoms with Crippen LogP contribution in [0.15, 0.2) is 66.3 Å². The number of pyridine rings is 1. The molecule has 1 atom stereocenters. The molecule has 2 aromatic heterocycles. The van der Waals surface area contributed by atoms with Gasteiger partial charge in [0.2, 0.25) is 0 Å². The molecule has 3 aromatic rings. The lowest BCUT2D eigenvalue weighted by Gasteiger charge is -2.40. The van der Waals surface area contributed by atoms with E-state index in [0.29, 0.717) is 53.1 Å². The molecule has 0 saturated carbocycles. The van der Waals surface area contributed by atoms with Gasteiger partial charge in [-0.2, -0.15) is 4.73 Å². The topological polar surface area (TPSA) is 67.6 Å². The van der Waals surface area contributed by atoms with Gasteiger partial charge >= 0.3 is 0 Å². The van der Waals surface area contributed by atoms with E-state index in [4.69, 9.17) is 0 Å². The minimum absolute atomic E-state index is 0.0694. The maximum atomic E-state index is 14.5. The fraction of sp³-hybridized carbons (Fsp3) is 0.320. The standard InChI is InChI=1S/C25H26FN3O3S/c1-27(25(31)23-7-4-16-33-23)22(17-20-5-2-3-6-21(20)26)18-8-12-28(13-9-18)24(30)19-10-14-29(32)15-11-19/h2-7,10-11,14-16,18,22H,8-9,12-13,17H2,1H3/t22-/m0/s1. The first-order chi connectivity index (χ1) is 15.9. The highest BCUT2D eigenvalue weighted by Crippen LogP contribution is 2.29. The molecule has 0 unspecified atom stereocenters. The molecule has 1 aliphatic rings. The summed E-state index contributed by atoms with van der Waals surface area (Å²) in [5, 5.41) is 13.1. The fourth-order valence-electron chi connectivity index (χ4n) is 4.46. The number of rotatable bonds is 6. The molecule has 4 rings (SSSR count). The molecule has 1 saturated heterocycles. The van der Waals surface area contributed by atoms with Crippen LogP contribution < -0.4 is 4.73 Å². The molecule has 172 valence electrons. The van der Waals surface area contributed by atoms with E-state index in [1.54, 1.807) is 35.0 Å². The second kappa shape index (κ2) is 10.1. The van der Waals surface area contributed by atoms with Gasteiger partial charge in [0.25, 0.3) is 11.8 Å².